The number of aliphatic hydroxyl groups is 1. The SMILES string of the molecule is C[C@H]1[C@H](C)CC[C@]2(C)CC[C@]3(C)C(=CC[C@@H]4[C@@]5(C)CC[C@@H](O)[C@](C)(C(=O)O)C5CC[C@]43C)[C@H]12. The van der Waals surface area contributed by atoms with Crippen molar-refractivity contribution in [3.8, 4) is 0 Å². The molecule has 5 rings (SSSR count). The first-order chi connectivity index (χ1) is 15.3. The summed E-state index contributed by atoms with van der Waals surface area (Å²) in [5, 5.41) is 21.1. The summed E-state index contributed by atoms with van der Waals surface area (Å²) in [5.74, 6) is 1.96. The number of rotatable bonds is 1. The first-order valence-electron chi connectivity index (χ1n) is 13.9. The van der Waals surface area contributed by atoms with E-state index in [-0.39, 0.29) is 22.2 Å². The monoisotopic (exact) mass is 456 g/mol. The van der Waals surface area contributed by atoms with Gasteiger partial charge in [-0.15, -0.1) is 0 Å². The third-order valence-corrected chi connectivity index (χ3v) is 13.5. The van der Waals surface area contributed by atoms with E-state index in [1.54, 1.807) is 5.57 Å². The summed E-state index contributed by atoms with van der Waals surface area (Å²) in [4.78, 5) is 12.5. The molecule has 0 aromatic rings. The van der Waals surface area contributed by atoms with Crippen molar-refractivity contribution in [3.63, 3.8) is 0 Å². The number of fused-ring (bicyclic) bond motifs is 7. The van der Waals surface area contributed by atoms with Crippen LogP contribution in [0.4, 0.5) is 0 Å². The maximum absolute atomic E-state index is 12.5. The summed E-state index contributed by atoms with van der Waals surface area (Å²) >= 11 is 0. The van der Waals surface area contributed by atoms with Gasteiger partial charge in [0, 0.05) is 0 Å². The van der Waals surface area contributed by atoms with Gasteiger partial charge in [-0.1, -0.05) is 53.2 Å². The van der Waals surface area contributed by atoms with Crippen LogP contribution < -0.4 is 0 Å². The van der Waals surface area contributed by atoms with Gasteiger partial charge in [0.15, 0.2) is 0 Å². The van der Waals surface area contributed by atoms with Crippen molar-refractivity contribution >= 4 is 5.97 Å². The van der Waals surface area contributed by atoms with Gasteiger partial charge in [0.1, 0.15) is 0 Å². The summed E-state index contributed by atoms with van der Waals surface area (Å²) in [7, 11) is 0. The fourth-order valence-electron chi connectivity index (χ4n) is 10.8. The van der Waals surface area contributed by atoms with Crippen LogP contribution in [0.25, 0.3) is 0 Å². The van der Waals surface area contributed by atoms with Gasteiger partial charge in [-0.3, -0.25) is 4.79 Å². The molecule has 0 heterocycles. The topological polar surface area (TPSA) is 57.5 Å². The Morgan fingerprint density at radius 3 is 2.27 bits per heavy atom. The largest absolute Gasteiger partial charge is 0.481 e. The number of carboxylic acids is 1. The molecule has 5 aliphatic rings. The van der Waals surface area contributed by atoms with E-state index in [2.05, 4.69) is 47.6 Å². The number of aliphatic carboxylic acids is 1. The molecule has 0 bridgehead atoms. The molecule has 33 heavy (non-hydrogen) atoms. The van der Waals surface area contributed by atoms with E-state index in [1.165, 1.54) is 25.7 Å². The molecular weight excluding hydrogens is 408 g/mol. The Morgan fingerprint density at radius 1 is 0.909 bits per heavy atom. The Labute approximate surface area is 201 Å². The highest BCUT2D eigenvalue weighted by molar-refractivity contribution is 5.76. The van der Waals surface area contributed by atoms with E-state index in [0.29, 0.717) is 23.7 Å². The van der Waals surface area contributed by atoms with Crippen molar-refractivity contribution in [2.75, 3.05) is 0 Å². The van der Waals surface area contributed by atoms with Crippen LogP contribution in [-0.2, 0) is 4.79 Å². The highest BCUT2D eigenvalue weighted by Crippen LogP contribution is 2.75. The van der Waals surface area contributed by atoms with Crippen molar-refractivity contribution in [2.45, 2.75) is 112 Å². The van der Waals surface area contributed by atoms with Crippen molar-refractivity contribution in [1.29, 1.82) is 0 Å². The molecule has 1 unspecified atom stereocenters. The van der Waals surface area contributed by atoms with Crippen LogP contribution in [0.1, 0.15) is 106 Å². The van der Waals surface area contributed by atoms with E-state index in [0.717, 1.165) is 37.5 Å². The van der Waals surface area contributed by atoms with Crippen LogP contribution in [0.5, 0.6) is 0 Å². The van der Waals surface area contributed by atoms with Crippen LogP contribution in [0, 0.1) is 56.7 Å². The molecule has 3 heteroatoms. The Hall–Kier alpha value is -0.830. The van der Waals surface area contributed by atoms with Gasteiger partial charge in [-0.05, 0) is 116 Å². The highest BCUT2D eigenvalue weighted by atomic mass is 16.4. The van der Waals surface area contributed by atoms with E-state index in [1.807, 2.05) is 6.92 Å². The van der Waals surface area contributed by atoms with Crippen molar-refractivity contribution in [3.05, 3.63) is 11.6 Å². The van der Waals surface area contributed by atoms with Gasteiger partial charge in [0.05, 0.1) is 11.5 Å². The molecular formula is C30H48O3. The lowest BCUT2D eigenvalue weighted by Crippen LogP contribution is -2.66. The number of allylic oxidation sites excluding steroid dienone is 2. The van der Waals surface area contributed by atoms with E-state index < -0.39 is 17.5 Å². The maximum Gasteiger partial charge on any atom is 0.312 e. The fraction of sp³-hybridized carbons (Fsp3) is 0.900. The van der Waals surface area contributed by atoms with Crippen LogP contribution in [0.2, 0.25) is 0 Å². The molecule has 4 saturated carbocycles. The molecule has 11 atom stereocenters. The third kappa shape index (κ3) is 2.75. The van der Waals surface area contributed by atoms with Crippen molar-refractivity contribution < 1.29 is 15.0 Å². The lowest BCUT2D eigenvalue weighted by Gasteiger charge is -2.71. The predicted octanol–water partition coefficient (Wildman–Crippen LogP) is 7.09. The lowest BCUT2D eigenvalue weighted by molar-refractivity contribution is -0.217. The van der Waals surface area contributed by atoms with Gasteiger partial charge in [0.2, 0.25) is 0 Å². The molecule has 0 spiro atoms. The molecule has 186 valence electrons. The molecule has 0 saturated heterocycles. The predicted molar refractivity (Wildman–Crippen MR) is 133 cm³/mol. The molecule has 3 nitrogen and oxygen atoms in total. The molecule has 5 aliphatic carbocycles. The second kappa shape index (κ2) is 7.11. The average Bonchev–Trinajstić information content (AvgIpc) is 2.75. The Bertz CT molecular complexity index is 878. The lowest BCUT2D eigenvalue weighted by atomic mass is 9.33. The van der Waals surface area contributed by atoms with Gasteiger partial charge < -0.3 is 10.2 Å². The first kappa shape index (κ1) is 23.9. The molecule has 2 N–H and O–H groups in total. The normalized spacial score (nSPS) is 58.2. The summed E-state index contributed by atoms with van der Waals surface area (Å²) < 4.78 is 0. The number of aliphatic hydroxyl groups excluding tert-OH is 1. The minimum Gasteiger partial charge on any atom is -0.481 e. The summed E-state index contributed by atoms with van der Waals surface area (Å²) in [6.45, 7) is 17.0. The number of carboxylic acid groups (broad SMARTS) is 1. The van der Waals surface area contributed by atoms with E-state index in [9.17, 15) is 15.0 Å². The quantitative estimate of drug-likeness (QED) is 0.414. The summed E-state index contributed by atoms with van der Waals surface area (Å²) in [6, 6.07) is 0. The highest BCUT2D eigenvalue weighted by Gasteiger charge is 2.69. The average molecular weight is 457 g/mol. The maximum atomic E-state index is 12.5. The first-order valence-corrected chi connectivity index (χ1v) is 13.9. The molecule has 4 fully saturated rings. The van der Waals surface area contributed by atoms with Crippen LogP contribution >= 0.6 is 0 Å². The molecule has 0 amide bonds. The second-order valence-corrected chi connectivity index (χ2v) is 14.4. The van der Waals surface area contributed by atoms with Crippen molar-refractivity contribution in [1.82, 2.24) is 0 Å². The number of hydrogen-bond donors (Lipinski definition) is 2. The molecule has 0 radical (unpaired) electrons. The Balaban J connectivity index is 1.60. The summed E-state index contributed by atoms with van der Waals surface area (Å²) in [5.41, 5.74) is 1.56. The smallest absolute Gasteiger partial charge is 0.312 e. The van der Waals surface area contributed by atoms with Crippen LogP contribution in [0.15, 0.2) is 11.6 Å². The number of hydrogen-bond acceptors (Lipinski definition) is 2. The molecule has 0 aromatic heterocycles. The molecule has 0 aliphatic heterocycles. The zero-order valence-corrected chi connectivity index (χ0v) is 22.2. The minimum absolute atomic E-state index is 0.0311. The van der Waals surface area contributed by atoms with Gasteiger partial charge in [0.25, 0.3) is 0 Å². The van der Waals surface area contributed by atoms with Crippen LogP contribution in [-0.4, -0.2) is 22.3 Å². The minimum atomic E-state index is -1.03. The van der Waals surface area contributed by atoms with Crippen LogP contribution in [0.3, 0.4) is 0 Å². The zero-order chi connectivity index (χ0) is 24.2. The summed E-state index contributed by atoms with van der Waals surface area (Å²) in [6.07, 6.45) is 12.0. The van der Waals surface area contributed by atoms with Gasteiger partial charge >= 0.3 is 5.97 Å². The van der Waals surface area contributed by atoms with E-state index in [4.69, 9.17) is 0 Å². The Morgan fingerprint density at radius 2 is 1.61 bits per heavy atom. The second-order valence-electron chi connectivity index (χ2n) is 14.4. The van der Waals surface area contributed by atoms with E-state index >= 15 is 0 Å². The third-order valence-electron chi connectivity index (χ3n) is 13.5. The Kier molecular flexibility index (Phi) is 5.15. The number of carbonyl (C=O) groups is 1. The van der Waals surface area contributed by atoms with Crippen molar-refractivity contribution in [2.24, 2.45) is 56.7 Å². The fourth-order valence-corrected chi connectivity index (χ4v) is 10.8. The van der Waals surface area contributed by atoms with Gasteiger partial charge in [-0.2, -0.15) is 0 Å². The zero-order valence-electron chi connectivity index (χ0n) is 22.2. The van der Waals surface area contributed by atoms with Gasteiger partial charge in [-0.25, -0.2) is 0 Å². The standard InChI is InChI=1S/C30H48O3/c1-18-10-13-26(3)16-17-28(5)20(24(26)19(18)2)8-9-21-27(4)14-12-23(31)30(7,25(32)33)22(27)11-15-29(21,28)6/h8,18-19,21-24,31H,9-17H2,1-7H3,(H,32,33)/t18-,19+,21-,22?,23-,24+,26-,27-,28-,29-,30-/m1/s1. The molecule has 0 aromatic carbocycles.